The van der Waals surface area contributed by atoms with Crippen LogP contribution in [-0.4, -0.2) is 39.7 Å². The normalized spacial score (nSPS) is 11.5. The Morgan fingerprint density at radius 1 is 1.08 bits per heavy atom. The van der Waals surface area contributed by atoms with Gasteiger partial charge in [-0.1, -0.05) is 24.3 Å². The predicted octanol–water partition coefficient (Wildman–Crippen LogP) is 5.57. The number of nitrogens with two attached hydrogens (primary N) is 1. The van der Waals surface area contributed by atoms with Crippen molar-refractivity contribution in [3.05, 3.63) is 71.4 Å². The Bertz CT molecular complexity index is 1640. The van der Waals surface area contributed by atoms with E-state index in [0.29, 0.717) is 24.8 Å². The molecule has 0 radical (unpaired) electrons. The molecular weight excluding hydrogens is 494 g/mol. The van der Waals surface area contributed by atoms with Crippen LogP contribution in [0.25, 0.3) is 32.9 Å². The van der Waals surface area contributed by atoms with Gasteiger partial charge in [0, 0.05) is 35.1 Å². The summed E-state index contributed by atoms with van der Waals surface area (Å²) in [6.07, 6.45) is 0.114. The topological polar surface area (TPSA) is 117 Å². The van der Waals surface area contributed by atoms with E-state index in [-0.39, 0.29) is 25.0 Å². The summed E-state index contributed by atoms with van der Waals surface area (Å²) in [6, 6.07) is 18.2. The zero-order valence-corrected chi connectivity index (χ0v) is 22.7. The first-order chi connectivity index (χ1) is 18.9. The molecule has 0 fully saturated rings. The van der Waals surface area contributed by atoms with Gasteiger partial charge in [0.25, 0.3) is 0 Å². The van der Waals surface area contributed by atoms with Crippen molar-refractivity contribution >= 4 is 33.6 Å². The lowest BCUT2D eigenvalue weighted by atomic mass is 10.0. The highest BCUT2D eigenvalue weighted by Gasteiger charge is 2.18. The summed E-state index contributed by atoms with van der Waals surface area (Å²) in [4.78, 5) is 12.3. The van der Waals surface area contributed by atoms with Gasteiger partial charge in [0.1, 0.15) is 18.1 Å². The number of hydrogen-bond acceptors (Lipinski definition) is 7. The zero-order chi connectivity index (χ0) is 27.5. The number of esters is 1. The average Bonchev–Trinajstić information content (AvgIpc) is 3.49. The van der Waals surface area contributed by atoms with Crippen LogP contribution in [0.15, 0.2) is 54.6 Å². The van der Waals surface area contributed by atoms with E-state index in [4.69, 9.17) is 25.0 Å². The SMILES string of the molecule is CCOC(=O)Cc1cc(COC)ccc1OCc1nn(C(C)C)c2ccc(-c3cccc4c(N)n[nH]c34)cc12. The summed E-state index contributed by atoms with van der Waals surface area (Å²) < 4.78 is 18.8. The lowest BCUT2D eigenvalue weighted by Crippen LogP contribution is -2.10. The molecular formula is C30H33N5O4. The maximum atomic E-state index is 12.3. The second-order valence-electron chi connectivity index (χ2n) is 9.70. The Balaban J connectivity index is 1.51. The summed E-state index contributed by atoms with van der Waals surface area (Å²) in [6.45, 7) is 7.00. The first kappa shape index (κ1) is 26.2. The molecule has 39 heavy (non-hydrogen) atoms. The van der Waals surface area contributed by atoms with Crippen molar-refractivity contribution in [2.24, 2.45) is 0 Å². The van der Waals surface area contributed by atoms with Crippen LogP contribution >= 0.6 is 0 Å². The van der Waals surface area contributed by atoms with Gasteiger partial charge in [0.15, 0.2) is 5.82 Å². The fourth-order valence-electron chi connectivity index (χ4n) is 4.86. The maximum Gasteiger partial charge on any atom is 0.310 e. The lowest BCUT2D eigenvalue weighted by molar-refractivity contribution is -0.142. The molecule has 202 valence electrons. The van der Waals surface area contributed by atoms with Crippen molar-refractivity contribution in [1.29, 1.82) is 0 Å². The lowest BCUT2D eigenvalue weighted by Gasteiger charge is -2.13. The number of nitrogens with one attached hydrogen (secondary N) is 1. The molecule has 2 heterocycles. The molecule has 0 atom stereocenters. The largest absolute Gasteiger partial charge is 0.487 e. The van der Waals surface area contributed by atoms with E-state index >= 15 is 0 Å². The number of H-pyrrole nitrogens is 1. The number of aromatic nitrogens is 4. The summed E-state index contributed by atoms with van der Waals surface area (Å²) >= 11 is 0. The fourth-order valence-corrected chi connectivity index (χ4v) is 4.86. The Kier molecular flexibility index (Phi) is 7.51. The van der Waals surface area contributed by atoms with Crippen molar-refractivity contribution in [3.8, 4) is 16.9 Å². The number of fused-ring (bicyclic) bond motifs is 2. The minimum atomic E-state index is -0.301. The maximum absolute atomic E-state index is 12.3. The number of rotatable bonds is 10. The molecule has 0 amide bonds. The smallest absolute Gasteiger partial charge is 0.310 e. The van der Waals surface area contributed by atoms with Crippen LogP contribution in [0.2, 0.25) is 0 Å². The highest BCUT2D eigenvalue weighted by molar-refractivity contribution is 6.00. The van der Waals surface area contributed by atoms with Gasteiger partial charge < -0.3 is 19.9 Å². The van der Waals surface area contributed by atoms with E-state index in [0.717, 1.165) is 49.8 Å². The number of nitrogens with zero attached hydrogens (tertiary/aromatic N) is 3. The summed E-state index contributed by atoms with van der Waals surface area (Å²) in [5.74, 6) is 0.790. The zero-order valence-electron chi connectivity index (χ0n) is 22.7. The molecule has 5 rings (SSSR count). The molecule has 3 aromatic carbocycles. The third-order valence-electron chi connectivity index (χ3n) is 6.65. The predicted molar refractivity (Wildman–Crippen MR) is 151 cm³/mol. The third kappa shape index (κ3) is 5.31. The number of carbonyl (C=O) groups excluding carboxylic acids is 1. The van der Waals surface area contributed by atoms with Crippen molar-refractivity contribution in [2.75, 3.05) is 19.5 Å². The molecule has 2 aromatic heterocycles. The van der Waals surface area contributed by atoms with Crippen LogP contribution in [-0.2, 0) is 33.9 Å². The molecule has 9 nitrogen and oxygen atoms in total. The van der Waals surface area contributed by atoms with Gasteiger partial charge in [-0.2, -0.15) is 10.2 Å². The minimum absolute atomic E-state index is 0.114. The van der Waals surface area contributed by atoms with Crippen LogP contribution in [0.5, 0.6) is 5.75 Å². The van der Waals surface area contributed by atoms with Gasteiger partial charge in [0.2, 0.25) is 0 Å². The van der Waals surface area contributed by atoms with E-state index in [9.17, 15) is 4.79 Å². The van der Waals surface area contributed by atoms with Crippen LogP contribution in [0.3, 0.4) is 0 Å². The molecule has 0 unspecified atom stereocenters. The number of anilines is 1. The molecule has 0 bridgehead atoms. The summed E-state index contributed by atoms with van der Waals surface area (Å²) in [5, 5.41) is 14.0. The number of methoxy groups -OCH3 is 1. The Hall–Kier alpha value is -4.37. The van der Waals surface area contributed by atoms with Gasteiger partial charge in [-0.05, 0) is 62.2 Å². The fraction of sp³-hybridized carbons (Fsp3) is 0.300. The monoisotopic (exact) mass is 527 g/mol. The number of hydrogen-bond donors (Lipinski definition) is 2. The van der Waals surface area contributed by atoms with Crippen molar-refractivity contribution in [2.45, 2.75) is 46.4 Å². The van der Waals surface area contributed by atoms with Crippen LogP contribution in [0, 0.1) is 0 Å². The van der Waals surface area contributed by atoms with Crippen LogP contribution < -0.4 is 10.5 Å². The number of aromatic amines is 1. The number of carbonyl (C=O) groups is 1. The molecule has 0 aliphatic heterocycles. The highest BCUT2D eigenvalue weighted by atomic mass is 16.5. The second kappa shape index (κ2) is 11.2. The Labute approximate surface area is 226 Å². The number of ether oxygens (including phenoxy) is 3. The Morgan fingerprint density at radius 3 is 2.69 bits per heavy atom. The van der Waals surface area contributed by atoms with Gasteiger partial charge in [-0.15, -0.1) is 0 Å². The summed E-state index contributed by atoms with van der Waals surface area (Å²) in [7, 11) is 1.64. The van der Waals surface area contributed by atoms with E-state index in [1.165, 1.54) is 0 Å². The third-order valence-corrected chi connectivity index (χ3v) is 6.65. The van der Waals surface area contributed by atoms with Crippen molar-refractivity contribution < 1.29 is 19.0 Å². The minimum Gasteiger partial charge on any atom is -0.487 e. The van der Waals surface area contributed by atoms with Gasteiger partial charge in [-0.3, -0.25) is 14.6 Å². The molecule has 0 aliphatic rings. The van der Waals surface area contributed by atoms with E-state index < -0.39 is 0 Å². The first-order valence-electron chi connectivity index (χ1n) is 13.0. The second-order valence-corrected chi connectivity index (χ2v) is 9.70. The number of para-hydroxylation sites is 1. The summed E-state index contributed by atoms with van der Waals surface area (Å²) in [5.41, 5.74) is 12.5. The van der Waals surface area contributed by atoms with E-state index in [1.54, 1.807) is 14.0 Å². The van der Waals surface area contributed by atoms with Crippen molar-refractivity contribution in [1.82, 2.24) is 20.0 Å². The molecule has 0 saturated carbocycles. The van der Waals surface area contributed by atoms with E-state index in [2.05, 4.69) is 42.2 Å². The van der Waals surface area contributed by atoms with Crippen LogP contribution in [0.4, 0.5) is 5.82 Å². The number of benzene rings is 3. The molecule has 0 spiro atoms. The van der Waals surface area contributed by atoms with Gasteiger partial charge >= 0.3 is 5.97 Å². The van der Waals surface area contributed by atoms with Crippen LogP contribution in [0.1, 0.15) is 43.6 Å². The highest BCUT2D eigenvalue weighted by Crippen LogP contribution is 2.33. The standard InChI is InChI=1S/C30H33N5O4/c1-5-38-28(36)15-21-13-19(16-37-4)9-12-27(21)39-17-25-24-14-20(10-11-26(24)35(34-25)18(2)3)22-7-6-8-23-29(22)32-33-30(23)31/h6-14,18H,5,15-17H2,1-4H3,(H3,31,32,33). The quantitative estimate of drug-likeness (QED) is 0.228. The first-order valence-corrected chi connectivity index (χ1v) is 13.0. The van der Waals surface area contributed by atoms with Gasteiger partial charge in [0.05, 0.1) is 30.7 Å². The average molecular weight is 528 g/mol. The molecule has 3 N–H and O–H groups in total. The molecule has 0 saturated heterocycles. The number of nitrogen functional groups attached to an aromatic ring is 1. The van der Waals surface area contributed by atoms with Crippen molar-refractivity contribution in [3.63, 3.8) is 0 Å². The van der Waals surface area contributed by atoms with E-state index in [1.807, 2.05) is 41.1 Å². The Morgan fingerprint density at radius 2 is 1.92 bits per heavy atom. The molecule has 0 aliphatic carbocycles. The van der Waals surface area contributed by atoms with Gasteiger partial charge in [-0.25, -0.2) is 0 Å². The molecule has 9 heteroatoms. The molecule has 5 aromatic rings.